The number of hydrogen-bond acceptors (Lipinski definition) is 3. The number of halogens is 2. The minimum Gasteiger partial charge on any atom is -0.503 e. The summed E-state index contributed by atoms with van der Waals surface area (Å²) in [7, 11) is 0. The second-order valence-electron chi connectivity index (χ2n) is 6.51. The van der Waals surface area contributed by atoms with E-state index in [0.717, 1.165) is 12.0 Å². The molecule has 2 rings (SSSR count). The predicted octanol–water partition coefficient (Wildman–Crippen LogP) is 3.35. The lowest BCUT2D eigenvalue weighted by molar-refractivity contribution is -0.128. The van der Waals surface area contributed by atoms with Crippen molar-refractivity contribution in [1.82, 2.24) is 10.2 Å². The molecule has 0 saturated heterocycles. The Labute approximate surface area is 157 Å². The Morgan fingerprint density at radius 2 is 2.04 bits per heavy atom. The van der Waals surface area contributed by atoms with Crippen molar-refractivity contribution in [3.63, 3.8) is 0 Å². The average Bonchev–Trinajstić information content (AvgIpc) is 2.82. The zero-order valence-corrected chi connectivity index (χ0v) is 15.8. The summed E-state index contributed by atoms with van der Waals surface area (Å²) in [5.74, 6) is -1.05. The third-order valence-corrected chi connectivity index (χ3v) is 4.64. The molecule has 0 spiro atoms. The van der Waals surface area contributed by atoms with Gasteiger partial charge < -0.3 is 15.3 Å². The van der Waals surface area contributed by atoms with Crippen LogP contribution in [0.15, 0.2) is 29.5 Å². The number of carbonyl (C=O) groups is 2. The highest BCUT2D eigenvalue weighted by Crippen LogP contribution is 2.23. The van der Waals surface area contributed by atoms with Crippen molar-refractivity contribution in [1.29, 1.82) is 0 Å². The molecule has 0 aliphatic carbocycles. The molecule has 2 N–H and O–H groups in total. The molecule has 0 atom stereocenters. The summed E-state index contributed by atoms with van der Waals surface area (Å²) in [5, 5.41) is 13.7. The third kappa shape index (κ3) is 5.13. The molecule has 1 aliphatic rings. The van der Waals surface area contributed by atoms with Crippen molar-refractivity contribution < 1.29 is 14.7 Å². The normalized spacial score (nSPS) is 14.6. The van der Waals surface area contributed by atoms with Crippen LogP contribution < -0.4 is 5.32 Å². The van der Waals surface area contributed by atoms with Gasteiger partial charge in [0.25, 0.3) is 11.8 Å². The molecule has 1 aliphatic heterocycles. The number of hydrogen-bond donors (Lipinski definition) is 2. The van der Waals surface area contributed by atoms with Crippen molar-refractivity contribution in [2.75, 3.05) is 19.6 Å². The summed E-state index contributed by atoms with van der Waals surface area (Å²) in [6.45, 7) is 5.06. The molecule has 7 heteroatoms. The standard InChI is InChI=1S/C18H22Cl2N2O3/c1-11(2)9-22-10-13(16(23)18(22)25)17(24)21-7-3-4-12-5-6-14(19)15(20)8-12/h5-6,8,11,23H,3-4,7,9-10H2,1-2H3,(H,21,24). The Morgan fingerprint density at radius 1 is 1.32 bits per heavy atom. The van der Waals surface area contributed by atoms with E-state index >= 15 is 0 Å². The fourth-order valence-corrected chi connectivity index (χ4v) is 3.00. The summed E-state index contributed by atoms with van der Waals surface area (Å²) >= 11 is 11.8. The van der Waals surface area contributed by atoms with Gasteiger partial charge in [-0.15, -0.1) is 0 Å². The molecular formula is C18H22Cl2N2O3. The van der Waals surface area contributed by atoms with Crippen LogP contribution in [-0.4, -0.2) is 41.5 Å². The SMILES string of the molecule is CC(C)CN1CC(C(=O)NCCCc2ccc(Cl)c(Cl)c2)=C(O)C1=O. The molecule has 0 saturated carbocycles. The lowest BCUT2D eigenvalue weighted by Gasteiger charge is -2.18. The Hall–Kier alpha value is -1.72. The van der Waals surface area contributed by atoms with Crippen LogP contribution in [0.2, 0.25) is 10.0 Å². The summed E-state index contributed by atoms with van der Waals surface area (Å²) in [6.07, 6.45) is 1.45. The molecule has 0 unspecified atom stereocenters. The number of benzene rings is 1. The number of aliphatic hydroxyl groups is 1. The van der Waals surface area contributed by atoms with Crippen molar-refractivity contribution in [3.05, 3.63) is 45.1 Å². The average molecular weight is 385 g/mol. The highest BCUT2D eigenvalue weighted by molar-refractivity contribution is 6.42. The molecule has 0 radical (unpaired) electrons. The van der Waals surface area contributed by atoms with E-state index in [1.807, 2.05) is 19.9 Å². The maximum atomic E-state index is 12.2. The monoisotopic (exact) mass is 384 g/mol. The van der Waals surface area contributed by atoms with Gasteiger partial charge in [0.05, 0.1) is 22.2 Å². The van der Waals surface area contributed by atoms with Crippen LogP contribution in [-0.2, 0) is 16.0 Å². The molecule has 2 amide bonds. The second-order valence-corrected chi connectivity index (χ2v) is 7.33. The van der Waals surface area contributed by atoms with Crippen LogP contribution >= 0.6 is 23.2 Å². The Morgan fingerprint density at radius 3 is 2.68 bits per heavy atom. The summed E-state index contributed by atoms with van der Waals surface area (Å²) in [6, 6.07) is 5.44. The largest absolute Gasteiger partial charge is 0.503 e. The van der Waals surface area contributed by atoms with E-state index in [1.54, 1.807) is 12.1 Å². The van der Waals surface area contributed by atoms with Gasteiger partial charge in [-0.2, -0.15) is 0 Å². The first-order valence-corrected chi connectivity index (χ1v) is 8.98. The highest BCUT2D eigenvalue weighted by atomic mass is 35.5. The number of nitrogens with zero attached hydrogens (tertiary/aromatic N) is 1. The van der Waals surface area contributed by atoms with Gasteiger partial charge in [-0.3, -0.25) is 9.59 Å². The van der Waals surface area contributed by atoms with Gasteiger partial charge in [-0.05, 0) is 36.5 Å². The molecule has 5 nitrogen and oxygen atoms in total. The molecule has 0 fully saturated rings. The number of carbonyl (C=O) groups excluding carboxylic acids is 2. The smallest absolute Gasteiger partial charge is 0.289 e. The number of nitrogens with one attached hydrogen (secondary N) is 1. The van der Waals surface area contributed by atoms with Crippen LogP contribution in [0.4, 0.5) is 0 Å². The first kappa shape index (κ1) is 19.6. The van der Waals surface area contributed by atoms with Crippen molar-refractivity contribution >= 4 is 35.0 Å². The van der Waals surface area contributed by atoms with Gasteiger partial charge in [0, 0.05) is 13.1 Å². The summed E-state index contributed by atoms with van der Waals surface area (Å²) in [5.41, 5.74) is 1.17. The summed E-state index contributed by atoms with van der Waals surface area (Å²) < 4.78 is 0. The highest BCUT2D eigenvalue weighted by Gasteiger charge is 2.33. The van der Waals surface area contributed by atoms with Gasteiger partial charge in [0.15, 0.2) is 5.76 Å². The second kappa shape index (κ2) is 8.59. The first-order valence-electron chi connectivity index (χ1n) is 8.23. The molecule has 1 aromatic carbocycles. The Balaban J connectivity index is 1.82. The van der Waals surface area contributed by atoms with Crippen LogP contribution in [0.1, 0.15) is 25.8 Å². The zero-order valence-electron chi connectivity index (χ0n) is 14.3. The topological polar surface area (TPSA) is 69.6 Å². The minimum absolute atomic E-state index is 0.139. The van der Waals surface area contributed by atoms with Gasteiger partial charge in [0.1, 0.15) is 0 Å². The van der Waals surface area contributed by atoms with Crippen LogP contribution in [0.25, 0.3) is 0 Å². The van der Waals surface area contributed by atoms with E-state index in [4.69, 9.17) is 23.2 Å². The Bertz CT molecular complexity index is 702. The fraction of sp³-hybridized carbons (Fsp3) is 0.444. The quantitative estimate of drug-likeness (QED) is 0.708. The Kier molecular flexibility index (Phi) is 6.73. The predicted molar refractivity (Wildman–Crippen MR) is 98.9 cm³/mol. The lowest BCUT2D eigenvalue weighted by atomic mass is 10.1. The molecule has 0 bridgehead atoms. The number of amides is 2. The van der Waals surface area contributed by atoms with E-state index in [1.165, 1.54) is 4.90 Å². The molecule has 136 valence electrons. The first-order chi connectivity index (χ1) is 11.8. The summed E-state index contributed by atoms with van der Waals surface area (Å²) in [4.78, 5) is 25.6. The molecule has 1 aromatic rings. The van der Waals surface area contributed by atoms with Crippen LogP contribution in [0.5, 0.6) is 0 Å². The van der Waals surface area contributed by atoms with Crippen LogP contribution in [0, 0.1) is 5.92 Å². The van der Waals surface area contributed by atoms with Crippen LogP contribution in [0.3, 0.4) is 0 Å². The van der Waals surface area contributed by atoms with Crippen molar-refractivity contribution in [3.8, 4) is 0 Å². The zero-order chi connectivity index (χ0) is 18.6. The van der Waals surface area contributed by atoms with Crippen molar-refractivity contribution in [2.24, 2.45) is 5.92 Å². The van der Waals surface area contributed by atoms with Gasteiger partial charge >= 0.3 is 0 Å². The maximum Gasteiger partial charge on any atom is 0.289 e. The lowest BCUT2D eigenvalue weighted by Crippen LogP contribution is -2.33. The fourth-order valence-electron chi connectivity index (χ4n) is 2.68. The molecule has 25 heavy (non-hydrogen) atoms. The van der Waals surface area contributed by atoms with E-state index < -0.39 is 17.6 Å². The molecule has 0 aromatic heterocycles. The minimum atomic E-state index is -0.477. The van der Waals surface area contributed by atoms with E-state index in [2.05, 4.69) is 5.32 Å². The number of rotatable bonds is 7. The van der Waals surface area contributed by atoms with E-state index in [-0.39, 0.29) is 18.0 Å². The maximum absolute atomic E-state index is 12.2. The van der Waals surface area contributed by atoms with Gasteiger partial charge in [0.2, 0.25) is 0 Å². The molecular weight excluding hydrogens is 363 g/mol. The molecule has 1 heterocycles. The van der Waals surface area contributed by atoms with Crippen molar-refractivity contribution in [2.45, 2.75) is 26.7 Å². The van der Waals surface area contributed by atoms with Gasteiger partial charge in [-0.25, -0.2) is 0 Å². The number of aliphatic hydroxyl groups excluding tert-OH is 1. The number of aryl methyl sites for hydroxylation is 1. The third-order valence-electron chi connectivity index (χ3n) is 3.90. The van der Waals surface area contributed by atoms with E-state index in [0.29, 0.717) is 29.6 Å². The van der Waals surface area contributed by atoms with E-state index in [9.17, 15) is 14.7 Å². The van der Waals surface area contributed by atoms with Gasteiger partial charge in [-0.1, -0.05) is 43.1 Å².